The van der Waals surface area contributed by atoms with E-state index in [0.29, 0.717) is 12.2 Å². The van der Waals surface area contributed by atoms with Gasteiger partial charge in [0, 0.05) is 22.5 Å². The zero-order valence-corrected chi connectivity index (χ0v) is 14.3. The van der Waals surface area contributed by atoms with Gasteiger partial charge in [0.1, 0.15) is 0 Å². The first-order chi connectivity index (χ1) is 11.9. The summed E-state index contributed by atoms with van der Waals surface area (Å²) < 4.78 is 37.7. The number of urea groups is 1. The lowest BCUT2D eigenvalue weighted by Crippen LogP contribution is -2.40. The summed E-state index contributed by atoms with van der Waals surface area (Å²) in [5.74, 6) is 0. The smallest absolute Gasteiger partial charge is 0.337 e. The summed E-state index contributed by atoms with van der Waals surface area (Å²) in [7, 11) is 0. The van der Waals surface area contributed by atoms with E-state index >= 15 is 0 Å². The quantitative estimate of drug-likeness (QED) is 0.745. The number of amides is 2. The van der Waals surface area contributed by atoms with Crippen molar-refractivity contribution in [2.24, 2.45) is 0 Å². The molecule has 0 unspecified atom stereocenters. The number of carbonyl (C=O) groups is 1. The SMILES string of the molecule is O=C(NCC1(c2cccs2)CCCC1)Nc1ccc(C(F)(F)F)cc1. The van der Waals surface area contributed by atoms with Crippen LogP contribution in [0.1, 0.15) is 36.1 Å². The lowest BCUT2D eigenvalue weighted by Gasteiger charge is -2.28. The van der Waals surface area contributed by atoms with Gasteiger partial charge in [-0.05, 0) is 48.6 Å². The number of hydrogen-bond donors (Lipinski definition) is 2. The summed E-state index contributed by atoms with van der Waals surface area (Å²) in [5.41, 5.74) is -0.422. The summed E-state index contributed by atoms with van der Waals surface area (Å²) in [5, 5.41) is 7.51. The molecule has 1 heterocycles. The first kappa shape index (κ1) is 17.8. The van der Waals surface area contributed by atoms with Crippen LogP contribution in [0.2, 0.25) is 0 Å². The summed E-state index contributed by atoms with van der Waals surface area (Å²) in [6, 6.07) is 8.15. The second-order valence-corrected chi connectivity index (χ2v) is 7.30. The number of anilines is 1. The number of thiophene rings is 1. The summed E-state index contributed by atoms with van der Waals surface area (Å²) in [4.78, 5) is 13.4. The van der Waals surface area contributed by atoms with Crippen molar-refractivity contribution in [3.05, 3.63) is 52.2 Å². The van der Waals surface area contributed by atoms with Crippen molar-refractivity contribution < 1.29 is 18.0 Å². The third kappa shape index (κ3) is 4.15. The highest BCUT2D eigenvalue weighted by molar-refractivity contribution is 7.10. The van der Waals surface area contributed by atoms with Gasteiger partial charge in [0.05, 0.1) is 5.56 Å². The van der Waals surface area contributed by atoms with Crippen LogP contribution >= 0.6 is 11.3 Å². The van der Waals surface area contributed by atoms with Gasteiger partial charge in [0.2, 0.25) is 0 Å². The highest BCUT2D eigenvalue weighted by Crippen LogP contribution is 2.42. The number of rotatable bonds is 4. The minimum Gasteiger partial charge on any atom is -0.337 e. The Bertz CT molecular complexity index is 705. The van der Waals surface area contributed by atoms with Crippen molar-refractivity contribution in [1.29, 1.82) is 0 Å². The average molecular weight is 368 g/mol. The van der Waals surface area contributed by atoms with E-state index in [1.165, 1.54) is 17.0 Å². The van der Waals surface area contributed by atoms with Crippen LogP contribution in [0.5, 0.6) is 0 Å². The number of carbonyl (C=O) groups excluding carboxylic acids is 1. The van der Waals surface area contributed by atoms with Gasteiger partial charge < -0.3 is 10.6 Å². The number of alkyl halides is 3. The predicted molar refractivity (Wildman–Crippen MR) is 92.9 cm³/mol. The van der Waals surface area contributed by atoms with E-state index < -0.39 is 17.8 Å². The standard InChI is InChI=1S/C18H19F3N2OS/c19-18(20,21)13-5-7-14(8-6-13)23-16(24)22-12-17(9-1-2-10-17)15-4-3-11-25-15/h3-8,11H,1-2,9-10,12H2,(H2,22,23,24). The molecule has 3 nitrogen and oxygen atoms in total. The Morgan fingerprint density at radius 2 is 1.80 bits per heavy atom. The first-order valence-electron chi connectivity index (χ1n) is 8.15. The molecule has 1 aliphatic carbocycles. The highest BCUT2D eigenvalue weighted by Gasteiger charge is 2.36. The van der Waals surface area contributed by atoms with Crippen LogP contribution in [0.15, 0.2) is 41.8 Å². The van der Waals surface area contributed by atoms with Crippen LogP contribution in [0.3, 0.4) is 0 Å². The molecule has 2 N–H and O–H groups in total. The van der Waals surface area contributed by atoms with Crippen molar-refractivity contribution in [3.63, 3.8) is 0 Å². The molecule has 25 heavy (non-hydrogen) atoms. The maximum absolute atomic E-state index is 12.6. The molecule has 0 aliphatic heterocycles. The van der Waals surface area contributed by atoms with Crippen molar-refractivity contribution in [3.8, 4) is 0 Å². The molecule has 1 aliphatic rings. The van der Waals surface area contributed by atoms with E-state index in [2.05, 4.69) is 16.7 Å². The monoisotopic (exact) mass is 368 g/mol. The average Bonchev–Trinajstić information content (AvgIpc) is 3.25. The summed E-state index contributed by atoms with van der Waals surface area (Å²) in [6.45, 7) is 0.528. The molecule has 1 saturated carbocycles. The Morgan fingerprint density at radius 3 is 2.36 bits per heavy atom. The minimum absolute atomic E-state index is 0.0222. The lowest BCUT2D eigenvalue weighted by molar-refractivity contribution is -0.137. The van der Waals surface area contributed by atoms with Gasteiger partial charge in [-0.3, -0.25) is 0 Å². The molecular formula is C18H19F3N2OS. The van der Waals surface area contributed by atoms with Gasteiger partial charge in [0.15, 0.2) is 0 Å². The topological polar surface area (TPSA) is 41.1 Å². The van der Waals surface area contributed by atoms with E-state index in [9.17, 15) is 18.0 Å². The van der Waals surface area contributed by atoms with Gasteiger partial charge in [0.25, 0.3) is 0 Å². The maximum atomic E-state index is 12.6. The summed E-state index contributed by atoms with van der Waals surface area (Å²) in [6.07, 6.45) is -0.0291. The molecule has 2 amide bonds. The normalized spacial score (nSPS) is 16.6. The van der Waals surface area contributed by atoms with Gasteiger partial charge >= 0.3 is 12.2 Å². The number of halogens is 3. The van der Waals surface area contributed by atoms with Crippen molar-refractivity contribution in [2.45, 2.75) is 37.3 Å². The lowest BCUT2D eigenvalue weighted by atomic mass is 9.84. The molecule has 0 atom stereocenters. The first-order valence-corrected chi connectivity index (χ1v) is 9.03. The van der Waals surface area contributed by atoms with E-state index in [0.717, 1.165) is 37.8 Å². The van der Waals surface area contributed by atoms with E-state index in [1.807, 2.05) is 11.4 Å². The molecule has 1 aromatic heterocycles. The molecule has 0 bridgehead atoms. The molecule has 2 aromatic rings. The van der Waals surface area contributed by atoms with Crippen LogP contribution in [-0.2, 0) is 11.6 Å². The van der Waals surface area contributed by atoms with Gasteiger partial charge in [-0.1, -0.05) is 18.9 Å². The fourth-order valence-corrected chi connectivity index (χ4v) is 4.30. The minimum atomic E-state index is -4.38. The van der Waals surface area contributed by atoms with Gasteiger partial charge in [-0.2, -0.15) is 13.2 Å². The Morgan fingerprint density at radius 1 is 1.12 bits per heavy atom. The van der Waals surface area contributed by atoms with Gasteiger partial charge in [-0.25, -0.2) is 4.79 Å². The second-order valence-electron chi connectivity index (χ2n) is 6.35. The molecule has 0 radical (unpaired) electrons. The van der Waals surface area contributed by atoms with Gasteiger partial charge in [-0.15, -0.1) is 11.3 Å². The molecule has 0 spiro atoms. The predicted octanol–water partition coefficient (Wildman–Crippen LogP) is 5.40. The van der Waals surface area contributed by atoms with E-state index in [4.69, 9.17) is 0 Å². The Hall–Kier alpha value is -2.02. The molecule has 7 heteroatoms. The fourth-order valence-electron chi connectivity index (χ4n) is 3.31. The van der Waals surface area contributed by atoms with Crippen molar-refractivity contribution >= 4 is 23.1 Å². The third-order valence-electron chi connectivity index (χ3n) is 4.66. The van der Waals surface area contributed by atoms with E-state index in [-0.39, 0.29) is 5.41 Å². The van der Waals surface area contributed by atoms with Crippen LogP contribution in [0.25, 0.3) is 0 Å². The Balaban J connectivity index is 1.59. The number of hydrogen-bond acceptors (Lipinski definition) is 2. The second kappa shape index (κ2) is 7.07. The molecule has 0 saturated heterocycles. The van der Waals surface area contributed by atoms with Crippen LogP contribution in [0, 0.1) is 0 Å². The molecular weight excluding hydrogens is 349 g/mol. The molecule has 134 valence electrons. The van der Waals surface area contributed by atoms with Crippen LogP contribution in [0.4, 0.5) is 23.7 Å². The zero-order valence-electron chi connectivity index (χ0n) is 13.5. The molecule has 1 fully saturated rings. The van der Waals surface area contributed by atoms with Crippen molar-refractivity contribution in [1.82, 2.24) is 5.32 Å². The molecule has 1 aromatic carbocycles. The van der Waals surface area contributed by atoms with Crippen LogP contribution < -0.4 is 10.6 Å². The Kier molecular flexibility index (Phi) is 5.03. The largest absolute Gasteiger partial charge is 0.416 e. The summed E-state index contributed by atoms with van der Waals surface area (Å²) >= 11 is 1.70. The van der Waals surface area contributed by atoms with Crippen molar-refractivity contribution in [2.75, 3.05) is 11.9 Å². The maximum Gasteiger partial charge on any atom is 0.416 e. The fraction of sp³-hybridized carbons (Fsp3) is 0.389. The third-order valence-corrected chi connectivity index (χ3v) is 5.78. The Labute approximate surface area is 148 Å². The van der Waals surface area contributed by atoms with Crippen LogP contribution in [-0.4, -0.2) is 12.6 Å². The highest BCUT2D eigenvalue weighted by atomic mass is 32.1. The number of benzene rings is 1. The van der Waals surface area contributed by atoms with E-state index in [1.54, 1.807) is 11.3 Å². The number of nitrogens with one attached hydrogen (secondary N) is 2. The zero-order chi connectivity index (χ0) is 17.9. The molecule has 3 rings (SSSR count).